The largest absolute Gasteiger partial charge is 0.456 e. The van der Waals surface area contributed by atoms with Gasteiger partial charge in [-0.15, -0.1) is 0 Å². The van der Waals surface area contributed by atoms with Crippen molar-refractivity contribution in [2.75, 3.05) is 4.90 Å². The quantitative estimate of drug-likeness (QED) is 0.157. The van der Waals surface area contributed by atoms with Gasteiger partial charge in [-0.2, -0.15) is 0 Å². The van der Waals surface area contributed by atoms with E-state index in [1.807, 2.05) is 24.3 Å². The van der Waals surface area contributed by atoms with E-state index in [-0.39, 0.29) is 0 Å². The zero-order chi connectivity index (χ0) is 41.4. The molecule has 2 aromatic heterocycles. The van der Waals surface area contributed by atoms with Crippen LogP contribution in [-0.2, 0) is 0 Å². The minimum Gasteiger partial charge on any atom is -0.456 e. The topological polar surface area (TPSA) is 29.5 Å². The number of para-hydroxylation sites is 2. The molecule has 0 fully saturated rings. The van der Waals surface area contributed by atoms with Crippen molar-refractivity contribution in [2.24, 2.45) is 0 Å². The second kappa shape index (κ2) is 14.1. The monoisotopic (exact) mass is 803 g/mol. The SMILES string of the molecule is c1ccc2c(-c3ccc4c(c3)oc3ccccc34)cc(-c3ccc(N(c4ccc(-c5ccc6c(c5)oc5ccccc56)cc4)c4cc5ccccc5c5ccccc45)cc3)cc2c1. The predicted molar refractivity (Wildman–Crippen MR) is 265 cm³/mol. The minimum atomic E-state index is 0.896. The second-order valence-corrected chi connectivity index (χ2v) is 16.5. The fourth-order valence-corrected chi connectivity index (χ4v) is 9.77. The Balaban J connectivity index is 0.930. The van der Waals surface area contributed by atoms with Crippen molar-refractivity contribution in [1.82, 2.24) is 0 Å². The molecule has 0 aliphatic rings. The van der Waals surface area contributed by atoms with Crippen LogP contribution < -0.4 is 4.90 Å². The van der Waals surface area contributed by atoms with E-state index < -0.39 is 0 Å². The van der Waals surface area contributed by atoms with Gasteiger partial charge in [0.2, 0.25) is 0 Å². The fourth-order valence-electron chi connectivity index (χ4n) is 9.77. The van der Waals surface area contributed by atoms with E-state index in [0.717, 1.165) is 88.8 Å². The molecule has 13 rings (SSSR count). The Morgan fingerprint density at radius 3 is 1.33 bits per heavy atom. The minimum absolute atomic E-state index is 0.896. The van der Waals surface area contributed by atoms with Crippen molar-refractivity contribution in [1.29, 1.82) is 0 Å². The van der Waals surface area contributed by atoms with Crippen LogP contribution in [0.3, 0.4) is 0 Å². The molecular weight excluding hydrogens is 767 g/mol. The summed E-state index contributed by atoms with van der Waals surface area (Å²) in [7, 11) is 0. The molecule has 0 amide bonds. The van der Waals surface area contributed by atoms with Gasteiger partial charge < -0.3 is 13.7 Å². The van der Waals surface area contributed by atoms with Gasteiger partial charge in [0, 0.05) is 38.3 Å². The van der Waals surface area contributed by atoms with Gasteiger partial charge >= 0.3 is 0 Å². The number of hydrogen-bond donors (Lipinski definition) is 0. The fraction of sp³-hybridized carbons (Fsp3) is 0. The zero-order valence-corrected chi connectivity index (χ0v) is 34.1. The van der Waals surface area contributed by atoms with Crippen molar-refractivity contribution in [3.05, 3.63) is 224 Å². The molecule has 0 atom stereocenters. The van der Waals surface area contributed by atoms with Gasteiger partial charge in [-0.3, -0.25) is 0 Å². The highest BCUT2D eigenvalue weighted by Gasteiger charge is 2.19. The number of nitrogens with zero attached hydrogens (tertiary/aromatic N) is 1. The number of benzene rings is 11. The smallest absolute Gasteiger partial charge is 0.136 e. The summed E-state index contributed by atoms with van der Waals surface area (Å²) in [5.74, 6) is 0. The first kappa shape index (κ1) is 35.4. The number of fused-ring (bicyclic) bond motifs is 10. The summed E-state index contributed by atoms with van der Waals surface area (Å²) in [6, 6.07) is 80.7. The summed E-state index contributed by atoms with van der Waals surface area (Å²) in [5.41, 5.74) is 13.8. The molecule has 2 heterocycles. The predicted octanol–water partition coefficient (Wildman–Crippen LogP) is 17.4. The molecule has 294 valence electrons. The van der Waals surface area contributed by atoms with Crippen LogP contribution >= 0.6 is 0 Å². The van der Waals surface area contributed by atoms with Crippen LogP contribution in [0.4, 0.5) is 17.1 Å². The zero-order valence-electron chi connectivity index (χ0n) is 34.1. The first-order chi connectivity index (χ1) is 31.2. The van der Waals surface area contributed by atoms with Crippen molar-refractivity contribution in [2.45, 2.75) is 0 Å². The summed E-state index contributed by atoms with van der Waals surface area (Å²) in [6.07, 6.45) is 0. The van der Waals surface area contributed by atoms with Crippen LogP contribution in [0.2, 0.25) is 0 Å². The average Bonchev–Trinajstić information content (AvgIpc) is 3.92. The first-order valence-electron chi connectivity index (χ1n) is 21.5. The molecule has 13 aromatic rings. The Bertz CT molecular complexity index is 3910. The van der Waals surface area contributed by atoms with Crippen molar-refractivity contribution in [3.63, 3.8) is 0 Å². The standard InChI is InChI=1S/C60H37NO2/c1-4-14-48-41(11-1)33-44(34-55(48)43-26-32-54-52-18-8-10-20-58(52)63-60(54)37-43)39-23-29-46(30-24-39)61(56-35-42-12-2-3-13-47(42)49-15-5-6-16-50(49)56)45-27-21-38(22-28-45)40-25-31-53-51-17-7-9-19-57(51)62-59(53)36-40/h1-37H. The van der Waals surface area contributed by atoms with Crippen LogP contribution in [0.15, 0.2) is 233 Å². The third kappa shape index (κ3) is 5.82. The molecule has 63 heavy (non-hydrogen) atoms. The Morgan fingerprint density at radius 2 is 0.698 bits per heavy atom. The first-order valence-corrected chi connectivity index (χ1v) is 21.5. The lowest BCUT2D eigenvalue weighted by molar-refractivity contribution is 0.668. The van der Waals surface area contributed by atoms with Gasteiger partial charge in [0.25, 0.3) is 0 Å². The highest BCUT2D eigenvalue weighted by Crippen LogP contribution is 2.44. The van der Waals surface area contributed by atoms with E-state index in [1.165, 1.54) is 37.9 Å². The van der Waals surface area contributed by atoms with Crippen LogP contribution in [0.5, 0.6) is 0 Å². The van der Waals surface area contributed by atoms with Gasteiger partial charge in [0.05, 0.1) is 5.69 Å². The Kier molecular flexibility index (Phi) is 7.91. The molecule has 0 aliphatic heterocycles. The lowest BCUT2D eigenvalue weighted by atomic mass is 9.92. The van der Waals surface area contributed by atoms with Crippen molar-refractivity contribution < 1.29 is 8.83 Å². The van der Waals surface area contributed by atoms with Crippen LogP contribution in [0.25, 0.3) is 110 Å². The summed E-state index contributed by atoms with van der Waals surface area (Å²) < 4.78 is 12.6. The molecule has 0 spiro atoms. The van der Waals surface area contributed by atoms with Gasteiger partial charge in [-0.25, -0.2) is 0 Å². The number of furan rings is 2. The lowest BCUT2D eigenvalue weighted by Crippen LogP contribution is -2.10. The summed E-state index contributed by atoms with van der Waals surface area (Å²) in [6.45, 7) is 0. The summed E-state index contributed by atoms with van der Waals surface area (Å²) in [5, 5.41) is 11.8. The van der Waals surface area contributed by atoms with Crippen LogP contribution in [0.1, 0.15) is 0 Å². The Morgan fingerprint density at radius 1 is 0.254 bits per heavy atom. The number of hydrogen-bond acceptors (Lipinski definition) is 3. The molecule has 0 saturated heterocycles. The molecule has 0 N–H and O–H groups in total. The molecule has 3 nitrogen and oxygen atoms in total. The molecule has 0 aliphatic carbocycles. The third-order valence-electron chi connectivity index (χ3n) is 12.8. The molecular formula is C60H37NO2. The summed E-state index contributed by atoms with van der Waals surface area (Å²) in [4.78, 5) is 2.40. The average molecular weight is 804 g/mol. The van der Waals surface area contributed by atoms with Gasteiger partial charge in [0.15, 0.2) is 0 Å². The van der Waals surface area contributed by atoms with E-state index in [2.05, 4.69) is 205 Å². The highest BCUT2D eigenvalue weighted by molar-refractivity contribution is 6.15. The van der Waals surface area contributed by atoms with Gasteiger partial charge in [-0.1, -0.05) is 146 Å². The Labute approximate surface area is 363 Å². The Hall–Kier alpha value is -8.40. The van der Waals surface area contributed by atoms with Crippen LogP contribution in [0, 0.1) is 0 Å². The van der Waals surface area contributed by atoms with E-state index in [9.17, 15) is 0 Å². The van der Waals surface area contributed by atoms with Crippen molar-refractivity contribution >= 4 is 93.3 Å². The van der Waals surface area contributed by atoms with Crippen LogP contribution in [-0.4, -0.2) is 0 Å². The lowest BCUT2D eigenvalue weighted by Gasteiger charge is -2.28. The van der Waals surface area contributed by atoms with Crippen molar-refractivity contribution in [3.8, 4) is 33.4 Å². The van der Waals surface area contributed by atoms with E-state index >= 15 is 0 Å². The third-order valence-corrected chi connectivity index (χ3v) is 12.8. The van der Waals surface area contributed by atoms with E-state index in [1.54, 1.807) is 0 Å². The maximum absolute atomic E-state index is 6.35. The highest BCUT2D eigenvalue weighted by atomic mass is 16.3. The number of anilines is 3. The molecule has 3 heteroatoms. The normalized spacial score (nSPS) is 11.8. The van der Waals surface area contributed by atoms with Gasteiger partial charge in [0.1, 0.15) is 22.3 Å². The molecule has 0 bridgehead atoms. The van der Waals surface area contributed by atoms with E-state index in [4.69, 9.17) is 8.83 Å². The molecule has 11 aromatic carbocycles. The van der Waals surface area contributed by atoms with E-state index in [0.29, 0.717) is 0 Å². The molecule has 0 saturated carbocycles. The molecule has 0 radical (unpaired) electrons. The number of rotatable bonds is 6. The maximum atomic E-state index is 6.35. The maximum Gasteiger partial charge on any atom is 0.136 e. The molecule has 0 unspecified atom stereocenters. The second-order valence-electron chi connectivity index (χ2n) is 16.5. The van der Waals surface area contributed by atoms with Gasteiger partial charge in [-0.05, 0) is 139 Å². The summed E-state index contributed by atoms with van der Waals surface area (Å²) >= 11 is 0.